The Kier molecular flexibility index (Phi) is 5.66. The SMILES string of the molecule is Cc1ccc(S(=O)(=O)n2ccc3c2ncc2nnc([C@@H]4CC[C@H](CC(=O)OC(C)(C)C)C4)n23)cc1. The Morgan fingerprint density at radius 3 is 2.57 bits per heavy atom. The Hall–Kier alpha value is -3.27. The number of carbonyl (C=O) groups excluding carboxylic acids is 1. The van der Waals surface area contributed by atoms with Crippen molar-refractivity contribution >= 4 is 32.8 Å². The van der Waals surface area contributed by atoms with E-state index in [2.05, 4.69) is 15.2 Å². The first-order valence-corrected chi connectivity index (χ1v) is 13.2. The molecule has 0 bridgehead atoms. The van der Waals surface area contributed by atoms with Gasteiger partial charge in [0.15, 0.2) is 11.3 Å². The minimum atomic E-state index is -3.81. The third-order valence-electron chi connectivity index (χ3n) is 6.42. The van der Waals surface area contributed by atoms with Crippen molar-refractivity contribution in [1.29, 1.82) is 0 Å². The van der Waals surface area contributed by atoms with E-state index in [1.807, 2.05) is 32.1 Å². The van der Waals surface area contributed by atoms with Gasteiger partial charge in [0, 0.05) is 18.5 Å². The van der Waals surface area contributed by atoms with Crippen LogP contribution < -0.4 is 0 Å². The molecule has 1 saturated carbocycles. The van der Waals surface area contributed by atoms with Crippen LogP contribution >= 0.6 is 0 Å². The molecule has 1 fully saturated rings. The number of aromatic nitrogens is 5. The number of aryl methyl sites for hydroxylation is 1. The molecule has 0 amide bonds. The topological polar surface area (TPSA) is 108 Å². The minimum Gasteiger partial charge on any atom is -0.460 e. The largest absolute Gasteiger partial charge is 0.460 e. The number of nitrogens with zero attached hydrogens (tertiary/aromatic N) is 5. The van der Waals surface area contributed by atoms with Crippen molar-refractivity contribution in [3.05, 3.63) is 54.1 Å². The Labute approximate surface area is 204 Å². The molecular weight excluding hydrogens is 466 g/mol. The number of fused-ring (bicyclic) bond motifs is 3. The Balaban J connectivity index is 1.46. The van der Waals surface area contributed by atoms with E-state index in [4.69, 9.17) is 4.74 Å². The Morgan fingerprint density at radius 2 is 1.86 bits per heavy atom. The highest BCUT2D eigenvalue weighted by Gasteiger charge is 2.32. The first kappa shape index (κ1) is 23.5. The molecule has 0 radical (unpaired) electrons. The molecule has 10 heteroatoms. The average molecular weight is 496 g/mol. The maximum absolute atomic E-state index is 13.3. The summed E-state index contributed by atoms with van der Waals surface area (Å²) in [7, 11) is -3.81. The molecule has 35 heavy (non-hydrogen) atoms. The summed E-state index contributed by atoms with van der Waals surface area (Å²) in [6.07, 6.45) is 6.03. The molecule has 0 unspecified atom stereocenters. The number of esters is 1. The van der Waals surface area contributed by atoms with Gasteiger partial charge in [0.25, 0.3) is 10.0 Å². The molecule has 1 aromatic carbocycles. The van der Waals surface area contributed by atoms with Crippen LogP contribution in [0.25, 0.3) is 16.8 Å². The molecule has 3 heterocycles. The summed E-state index contributed by atoms with van der Waals surface area (Å²) < 4.78 is 35.2. The van der Waals surface area contributed by atoms with Crippen molar-refractivity contribution in [2.24, 2.45) is 5.92 Å². The van der Waals surface area contributed by atoms with Crippen molar-refractivity contribution in [2.45, 2.75) is 69.8 Å². The fraction of sp³-hybridized carbons (Fsp3) is 0.440. The predicted molar refractivity (Wildman–Crippen MR) is 131 cm³/mol. The van der Waals surface area contributed by atoms with Gasteiger partial charge in [0.1, 0.15) is 11.4 Å². The number of ether oxygens (including phenoxy) is 1. The van der Waals surface area contributed by atoms with E-state index >= 15 is 0 Å². The Bertz CT molecular complexity index is 1510. The van der Waals surface area contributed by atoms with Crippen molar-refractivity contribution in [2.75, 3.05) is 0 Å². The molecule has 0 saturated heterocycles. The number of hydrogen-bond acceptors (Lipinski definition) is 7. The fourth-order valence-corrected chi connectivity index (χ4v) is 6.14. The second-order valence-electron chi connectivity index (χ2n) is 10.3. The van der Waals surface area contributed by atoms with E-state index in [9.17, 15) is 13.2 Å². The highest BCUT2D eigenvalue weighted by Crippen LogP contribution is 2.40. The predicted octanol–water partition coefficient (Wildman–Crippen LogP) is 4.24. The van der Waals surface area contributed by atoms with Gasteiger partial charge < -0.3 is 4.74 Å². The van der Waals surface area contributed by atoms with Crippen molar-refractivity contribution in [3.63, 3.8) is 0 Å². The third kappa shape index (κ3) is 4.42. The molecule has 5 rings (SSSR count). The van der Waals surface area contributed by atoms with Gasteiger partial charge in [-0.1, -0.05) is 17.7 Å². The highest BCUT2D eigenvalue weighted by atomic mass is 32.2. The fourth-order valence-electron chi connectivity index (χ4n) is 4.85. The molecule has 0 N–H and O–H groups in total. The van der Waals surface area contributed by atoms with Gasteiger partial charge in [-0.3, -0.25) is 9.20 Å². The van der Waals surface area contributed by atoms with Crippen molar-refractivity contribution in [3.8, 4) is 0 Å². The second kappa shape index (κ2) is 8.44. The lowest BCUT2D eigenvalue weighted by Gasteiger charge is -2.20. The lowest BCUT2D eigenvalue weighted by Crippen LogP contribution is -2.24. The van der Waals surface area contributed by atoms with Gasteiger partial charge in [0.05, 0.1) is 16.6 Å². The summed E-state index contributed by atoms with van der Waals surface area (Å²) in [4.78, 5) is 16.9. The number of rotatable bonds is 5. The van der Waals surface area contributed by atoms with Gasteiger partial charge in [-0.2, -0.15) is 0 Å². The van der Waals surface area contributed by atoms with Gasteiger partial charge in [0.2, 0.25) is 0 Å². The van der Waals surface area contributed by atoms with Crippen LogP contribution in [-0.2, 0) is 19.6 Å². The Morgan fingerprint density at radius 1 is 1.11 bits per heavy atom. The van der Waals surface area contributed by atoms with Crippen molar-refractivity contribution < 1.29 is 17.9 Å². The molecule has 2 atom stereocenters. The summed E-state index contributed by atoms with van der Waals surface area (Å²) in [5.74, 6) is 0.912. The smallest absolute Gasteiger partial charge is 0.306 e. The van der Waals surface area contributed by atoms with Crippen molar-refractivity contribution in [1.82, 2.24) is 23.6 Å². The summed E-state index contributed by atoms with van der Waals surface area (Å²) in [5, 5.41) is 8.73. The van der Waals surface area contributed by atoms with Gasteiger partial charge in [-0.15, -0.1) is 10.2 Å². The normalized spacial score (nSPS) is 19.0. The molecule has 3 aromatic heterocycles. The maximum atomic E-state index is 13.3. The third-order valence-corrected chi connectivity index (χ3v) is 8.10. The molecule has 9 nitrogen and oxygen atoms in total. The quantitative estimate of drug-likeness (QED) is 0.381. The first-order valence-electron chi connectivity index (χ1n) is 11.8. The van der Waals surface area contributed by atoms with Crippen LogP contribution in [0.1, 0.15) is 63.8 Å². The molecule has 4 aromatic rings. The van der Waals surface area contributed by atoms with Gasteiger partial charge >= 0.3 is 5.97 Å². The maximum Gasteiger partial charge on any atom is 0.306 e. The standard InChI is InChI=1S/C25H29N5O4S/c1-16-5-9-19(10-6-16)35(32,33)29-12-11-20-24(29)26-15-21-27-28-23(30(20)21)18-8-7-17(13-18)14-22(31)34-25(2,3)4/h5-6,9-12,15,17-18H,7-8,13-14H2,1-4H3/t17-,18+/m0/s1. The van der Waals surface area contributed by atoms with Crippen LogP contribution in [0.5, 0.6) is 0 Å². The van der Waals surface area contributed by atoms with Gasteiger partial charge in [-0.25, -0.2) is 17.4 Å². The van der Waals surface area contributed by atoms with E-state index in [-0.39, 0.29) is 22.7 Å². The summed E-state index contributed by atoms with van der Waals surface area (Å²) in [6, 6.07) is 8.48. The molecule has 1 aliphatic rings. The van der Waals surface area contributed by atoms with Crippen LogP contribution in [0.3, 0.4) is 0 Å². The summed E-state index contributed by atoms with van der Waals surface area (Å²) >= 11 is 0. The summed E-state index contributed by atoms with van der Waals surface area (Å²) in [5.41, 5.74) is 2.00. The van der Waals surface area contributed by atoms with Crippen LogP contribution in [0.15, 0.2) is 47.6 Å². The van der Waals surface area contributed by atoms with E-state index in [0.29, 0.717) is 23.2 Å². The average Bonchev–Trinajstić information content (AvgIpc) is 3.49. The minimum absolute atomic E-state index is 0.111. The van der Waals surface area contributed by atoms with E-state index < -0.39 is 15.6 Å². The molecule has 0 spiro atoms. The van der Waals surface area contributed by atoms with E-state index in [0.717, 1.165) is 30.7 Å². The van der Waals surface area contributed by atoms with Gasteiger partial charge in [-0.05, 0) is 71.1 Å². The molecular formula is C25H29N5O4S. The molecule has 184 valence electrons. The number of carbonyl (C=O) groups is 1. The number of hydrogen-bond donors (Lipinski definition) is 0. The second-order valence-corrected chi connectivity index (χ2v) is 12.1. The molecule has 0 aliphatic heterocycles. The zero-order valence-corrected chi connectivity index (χ0v) is 21.1. The van der Waals surface area contributed by atoms with Crippen LogP contribution in [0.4, 0.5) is 0 Å². The monoisotopic (exact) mass is 495 g/mol. The van der Waals surface area contributed by atoms with Crippen LogP contribution in [0, 0.1) is 12.8 Å². The summed E-state index contributed by atoms with van der Waals surface area (Å²) in [6.45, 7) is 7.52. The zero-order chi connectivity index (χ0) is 25.0. The zero-order valence-electron chi connectivity index (χ0n) is 20.3. The molecule has 1 aliphatic carbocycles. The first-order chi connectivity index (χ1) is 16.5. The number of benzene rings is 1. The van der Waals surface area contributed by atoms with Crippen LogP contribution in [0.2, 0.25) is 0 Å². The van der Waals surface area contributed by atoms with E-state index in [1.54, 1.807) is 36.5 Å². The lowest BCUT2D eigenvalue weighted by atomic mass is 10.0. The van der Waals surface area contributed by atoms with E-state index in [1.165, 1.54) is 10.2 Å². The van der Waals surface area contributed by atoms with Crippen LogP contribution in [-0.4, -0.2) is 43.5 Å². The lowest BCUT2D eigenvalue weighted by molar-refractivity contribution is -0.155. The highest BCUT2D eigenvalue weighted by molar-refractivity contribution is 7.90.